The van der Waals surface area contributed by atoms with Crippen molar-refractivity contribution in [3.8, 4) is 0 Å². The van der Waals surface area contributed by atoms with E-state index in [1.807, 2.05) is 27.7 Å². The zero-order chi connectivity index (χ0) is 13.8. The van der Waals surface area contributed by atoms with Gasteiger partial charge in [-0.2, -0.15) is 5.10 Å². The van der Waals surface area contributed by atoms with Crippen LogP contribution in [0.15, 0.2) is 16.9 Å². The second-order valence-electron chi connectivity index (χ2n) is 5.34. The first kappa shape index (κ1) is 14.4. The summed E-state index contributed by atoms with van der Waals surface area (Å²) < 4.78 is 1.35. The molecule has 1 heterocycles. The Morgan fingerprint density at radius 1 is 1.39 bits per heavy atom. The van der Waals surface area contributed by atoms with Gasteiger partial charge in [0, 0.05) is 18.2 Å². The van der Waals surface area contributed by atoms with Crippen molar-refractivity contribution in [2.45, 2.75) is 52.6 Å². The molecular weight excluding hydrogens is 230 g/mol. The molecule has 0 aromatic carbocycles. The monoisotopic (exact) mass is 251 g/mol. The summed E-state index contributed by atoms with van der Waals surface area (Å²) in [4.78, 5) is 23.5. The number of unbranched alkanes of at least 4 members (excludes halogenated alkanes) is 1. The number of amides is 1. The van der Waals surface area contributed by atoms with Gasteiger partial charge in [0.15, 0.2) is 0 Å². The van der Waals surface area contributed by atoms with Crippen molar-refractivity contribution in [2.24, 2.45) is 0 Å². The number of carbonyl (C=O) groups is 1. The molecule has 0 atom stereocenters. The van der Waals surface area contributed by atoms with E-state index in [4.69, 9.17) is 0 Å². The van der Waals surface area contributed by atoms with Gasteiger partial charge in [0.1, 0.15) is 5.69 Å². The molecule has 1 aromatic heterocycles. The van der Waals surface area contributed by atoms with Gasteiger partial charge >= 0.3 is 0 Å². The van der Waals surface area contributed by atoms with Gasteiger partial charge in [-0.25, -0.2) is 4.68 Å². The largest absolute Gasteiger partial charge is 0.346 e. The molecule has 1 rings (SSSR count). The van der Waals surface area contributed by atoms with Crippen molar-refractivity contribution in [3.05, 3.63) is 28.2 Å². The molecule has 0 fully saturated rings. The van der Waals surface area contributed by atoms with Gasteiger partial charge in [-0.3, -0.25) is 9.59 Å². The normalized spacial score (nSPS) is 11.3. The Bertz CT molecular complexity index is 472. The molecule has 0 unspecified atom stereocenters. The highest BCUT2D eigenvalue weighted by Crippen LogP contribution is 2.01. The fourth-order valence-electron chi connectivity index (χ4n) is 1.44. The fourth-order valence-corrected chi connectivity index (χ4v) is 1.44. The van der Waals surface area contributed by atoms with E-state index < -0.39 is 0 Å². The van der Waals surface area contributed by atoms with Crippen molar-refractivity contribution >= 4 is 5.91 Å². The van der Waals surface area contributed by atoms with Crippen LogP contribution >= 0.6 is 0 Å². The SMILES string of the molecule is CCCCn1nc(C(=O)NC(C)(C)C)ccc1=O. The maximum atomic E-state index is 11.9. The van der Waals surface area contributed by atoms with Gasteiger partial charge in [-0.15, -0.1) is 0 Å². The van der Waals surface area contributed by atoms with Crippen LogP contribution in [0, 0.1) is 0 Å². The molecule has 18 heavy (non-hydrogen) atoms. The summed E-state index contributed by atoms with van der Waals surface area (Å²) in [5.41, 5.74) is -0.209. The summed E-state index contributed by atoms with van der Waals surface area (Å²) in [6, 6.07) is 2.85. The Morgan fingerprint density at radius 3 is 2.61 bits per heavy atom. The topological polar surface area (TPSA) is 64.0 Å². The maximum absolute atomic E-state index is 11.9. The van der Waals surface area contributed by atoms with Gasteiger partial charge in [0.25, 0.3) is 11.5 Å². The number of nitrogens with zero attached hydrogens (tertiary/aromatic N) is 2. The van der Waals surface area contributed by atoms with Crippen molar-refractivity contribution < 1.29 is 4.79 Å². The highest BCUT2D eigenvalue weighted by molar-refractivity contribution is 5.92. The van der Waals surface area contributed by atoms with E-state index >= 15 is 0 Å². The van der Waals surface area contributed by atoms with Crippen molar-refractivity contribution in [2.75, 3.05) is 0 Å². The number of aromatic nitrogens is 2. The van der Waals surface area contributed by atoms with E-state index in [0.29, 0.717) is 6.54 Å². The second kappa shape index (κ2) is 5.80. The smallest absolute Gasteiger partial charge is 0.272 e. The number of carbonyl (C=O) groups excluding carboxylic acids is 1. The van der Waals surface area contributed by atoms with E-state index in [0.717, 1.165) is 12.8 Å². The first-order valence-electron chi connectivity index (χ1n) is 6.24. The molecule has 0 spiro atoms. The number of rotatable bonds is 4. The summed E-state index contributed by atoms with van der Waals surface area (Å²) in [6.45, 7) is 8.29. The third kappa shape index (κ3) is 4.31. The molecule has 5 heteroatoms. The Kier molecular flexibility index (Phi) is 4.64. The predicted molar refractivity (Wildman–Crippen MR) is 70.6 cm³/mol. The van der Waals surface area contributed by atoms with Crippen LogP contribution < -0.4 is 10.9 Å². The van der Waals surface area contributed by atoms with Crippen LogP contribution in [0.3, 0.4) is 0 Å². The molecule has 0 aliphatic heterocycles. The number of nitrogens with one attached hydrogen (secondary N) is 1. The summed E-state index contributed by atoms with van der Waals surface area (Å²) in [6.07, 6.45) is 1.85. The zero-order valence-corrected chi connectivity index (χ0v) is 11.5. The minimum absolute atomic E-state index is 0.171. The third-order valence-electron chi connectivity index (χ3n) is 2.31. The Balaban J connectivity index is 2.90. The molecule has 0 saturated carbocycles. The molecule has 1 N–H and O–H groups in total. The van der Waals surface area contributed by atoms with Crippen LogP contribution in [0.4, 0.5) is 0 Å². The van der Waals surface area contributed by atoms with Gasteiger partial charge in [0.05, 0.1) is 0 Å². The summed E-state index contributed by atoms with van der Waals surface area (Å²) >= 11 is 0. The molecule has 100 valence electrons. The summed E-state index contributed by atoms with van der Waals surface area (Å²) in [7, 11) is 0. The van der Waals surface area contributed by atoms with E-state index in [2.05, 4.69) is 10.4 Å². The Morgan fingerprint density at radius 2 is 2.06 bits per heavy atom. The Labute approximate surface area is 107 Å². The van der Waals surface area contributed by atoms with Crippen LogP contribution in [0.5, 0.6) is 0 Å². The lowest BCUT2D eigenvalue weighted by Gasteiger charge is -2.20. The van der Waals surface area contributed by atoms with E-state index in [-0.39, 0.29) is 22.7 Å². The number of aryl methyl sites for hydroxylation is 1. The van der Waals surface area contributed by atoms with Crippen molar-refractivity contribution in [1.82, 2.24) is 15.1 Å². The van der Waals surface area contributed by atoms with Crippen LogP contribution in [0.25, 0.3) is 0 Å². The summed E-state index contributed by atoms with van der Waals surface area (Å²) in [5, 5.41) is 6.91. The summed E-state index contributed by atoms with van der Waals surface area (Å²) in [5.74, 6) is -0.257. The molecule has 1 aromatic rings. The van der Waals surface area contributed by atoms with Crippen molar-refractivity contribution in [3.63, 3.8) is 0 Å². The first-order chi connectivity index (χ1) is 8.33. The molecular formula is C13H21N3O2. The Hall–Kier alpha value is -1.65. The molecule has 0 radical (unpaired) electrons. The van der Waals surface area contributed by atoms with Gasteiger partial charge < -0.3 is 5.32 Å². The molecule has 5 nitrogen and oxygen atoms in total. The van der Waals surface area contributed by atoms with Gasteiger partial charge in [-0.1, -0.05) is 13.3 Å². The third-order valence-corrected chi connectivity index (χ3v) is 2.31. The lowest BCUT2D eigenvalue weighted by atomic mass is 10.1. The highest BCUT2D eigenvalue weighted by Gasteiger charge is 2.16. The van der Waals surface area contributed by atoms with Crippen LogP contribution in [-0.2, 0) is 6.54 Å². The fraction of sp³-hybridized carbons (Fsp3) is 0.615. The van der Waals surface area contributed by atoms with E-state index in [1.165, 1.54) is 16.8 Å². The number of hydrogen-bond acceptors (Lipinski definition) is 3. The lowest BCUT2D eigenvalue weighted by Crippen LogP contribution is -2.41. The number of hydrogen-bond donors (Lipinski definition) is 1. The molecule has 0 aliphatic rings. The van der Waals surface area contributed by atoms with Crippen molar-refractivity contribution in [1.29, 1.82) is 0 Å². The lowest BCUT2D eigenvalue weighted by molar-refractivity contribution is 0.0911. The molecule has 1 amide bonds. The van der Waals surface area contributed by atoms with E-state index in [1.54, 1.807) is 0 Å². The first-order valence-corrected chi connectivity index (χ1v) is 6.24. The van der Waals surface area contributed by atoms with Crippen LogP contribution in [0.1, 0.15) is 51.0 Å². The molecule has 0 aliphatic carbocycles. The van der Waals surface area contributed by atoms with E-state index in [9.17, 15) is 9.59 Å². The van der Waals surface area contributed by atoms with Gasteiger partial charge in [0.2, 0.25) is 0 Å². The minimum Gasteiger partial charge on any atom is -0.346 e. The molecule has 0 bridgehead atoms. The van der Waals surface area contributed by atoms with Crippen LogP contribution in [-0.4, -0.2) is 21.2 Å². The average molecular weight is 251 g/mol. The average Bonchev–Trinajstić information content (AvgIpc) is 2.25. The zero-order valence-electron chi connectivity index (χ0n) is 11.5. The standard InChI is InChI=1S/C13H21N3O2/c1-5-6-9-16-11(17)8-7-10(15-16)12(18)14-13(2,3)4/h7-8H,5-6,9H2,1-4H3,(H,14,18). The second-order valence-corrected chi connectivity index (χ2v) is 5.34. The van der Waals surface area contributed by atoms with Gasteiger partial charge in [-0.05, 0) is 33.3 Å². The molecule has 0 saturated heterocycles. The minimum atomic E-state index is -0.316. The maximum Gasteiger partial charge on any atom is 0.272 e. The predicted octanol–water partition coefficient (Wildman–Crippen LogP) is 1.57. The van der Waals surface area contributed by atoms with Crippen LogP contribution in [0.2, 0.25) is 0 Å². The highest BCUT2D eigenvalue weighted by atomic mass is 16.2. The quantitative estimate of drug-likeness (QED) is 0.883.